The van der Waals surface area contributed by atoms with Gasteiger partial charge in [-0.25, -0.2) is 0 Å². The molecule has 17 heavy (non-hydrogen) atoms. The fourth-order valence-electron chi connectivity index (χ4n) is 1.08. The summed E-state index contributed by atoms with van der Waals surface area (Å²) in [6, 6.07) is -0.162. The van der Waals surface area contributed by atoms with Crippen LogP contribution in [0.15, 0.2) is 0 Å². The minimum atomic E-state index is -0.225. The zero-order valence-corrected chi connectivity index (χ0v) is 11.5. The maximum Gasteiger partial charge on any atom is 0.305 e. The van der Waals surface area contributed by atoms with E-state index in [-0.39, 0.29) is 36.2 Å². The fraction of sp³-hybridized carbons (Fsp3) is 0.818. The van der Waals surface area contributed by atoms with Gasteiger partial charge in [-0.05, 0) is 20.3 Å². The third kappa shape index (κ3) is 8.94. The first-order chi connectivity index (χ1) is 7.49. The van der Waals surface area contributed by atoms with E-state index in [0.717, 1.165) is 0 Å². The number of esters is 1. The van der Waals surface area contributed by atoms with E-state index in [4.69, 9.17) is 10.5 Å². The quantitative estimate of drug-likeness (QED) is 0.529. The van der Waals surface area contributed by atoms with Crippen LogP contribution in [-0.4, -0.2) is 31.1 Å². The second-order valence-electron chi connectivity index (χ2n) is 3.85. The number of amides is 1. The summed E-state index contributed by atoms with van der Waals surface area (Å²) in [4.78, 5) is 22.4. The molecule has 0 aliphatic heterocycles. The lowest BCUT2D eigenvalue weighted by atomic mass is 10.0. The van der Waals surface area contributed by atoms with Crippen LogP contribution in [0.25, 0.3) is 0 Å². The van der Waals surface area contributed by atoms with Gasteiger partial charge < -0.3 is 15.8 Å². The molecule has 5 nitrogen and oxygen atoms in total. The first-order valence-electron chi connectivity index (χ1n) is 5.68. The largest absolute Gasteiger partial charge is 0.466 e. The Bertz CT molecular complexity index is 235. The third-order valence-electron chi connectivity index (χ3n) is 2.36. The highest BCUT2D eigenvalue weighted by Gasteiger charge is 2.16. The number of nitrogens with two attached hydrogens (primary N) is 1. The molecule has 0 saturated heterocycles. The molecule has 0 saturated carbocycles. The Morgan fingerprint density at radius 3 is 2.41 bits per heavy atom. The van der Waals surface area contributed by atoms with Crippen molar-refractivity contribution in [3.05, 3.63) is 0 Å². The van der Waals surface area contributed by atoms with Gasteiger partial charge in [0.25, 0.3) is 0 Å². The van der Waals surface area contributed by atoms with E-state index in [2.05, 4.69) is 5.32 Å². The second kappa shape index (κ2) is 10.4. The zero-order chi connectivity index (χ0) is 12.6. The van der Waals surface area contributed by atoms with Gasteiger partial charge >= 0.3 is 5.97 Å². The molecule has 0 aliphatic rings. The molecule has 2 unspecified atom stereocenters. The van der Waals surface area contributed by atoms with Crippen molar-refractivity contribution in [2.75, 3.05) is 13.2 Å². The van der Waals surface area contributed by atoms with Gasteiger partial charge in [0.05, 0.1) is 6.61 Å². The fourth-order valence-corrected chi connectivity index (χ4v) is 1.08. The van der Waals surface area contributed by atoms with Crippen LogP contribution in [0.5, 0.6) is 0 Å². The highest BCUT2D eigenvalue weighted by Crippen LogP contribution is 1.99. The number of hydrogen-bond donors (Lipinski definition) is 2. The van der Waals surface area contributed by atoms with Crippen LogP contribution in [-0.2, 0) is 14.3 Å². The second-order valence-corrected chi connectivity index (χ2v) is 3.85. The van der Waals surface area contributed by atoms with Gasteiger partial charge in [-0.2, -0.15) is 0 Å². The van der Waals surface area contributed by atoms with E-state index >= 15 is 0 Å². The average Bonchev–Trinajstić information content (AvgIpc) is 2.23. The number of rotatable bonds is 7. The Morgan fingerprint density at radius 2 is 1.94 bits per heavy atom. The summed E-state index contributed by atoms with van der Waals surface area (Å²) >= 11 is 0. The number of carbonyl (C=O) groups is 2. The van der Waals surface area contributed by atoms with Crippen molar-refractivity contribution >= 4 is 24.3 Å². The van der Waals surface area contributed by atoms with Crippen molar-refractivity contribution in [2.45, 2.75) is 39.7 Å². The third-order valence-corrected chi connectivity index (χ3v) is 2.36. The number of halogens is 1. The summed E-state index contributed by atoms with van der Waals surface area (Å²) in [6.07, 6.45) is 0.928. The van der Waals surface area contributed by atoms with Crippen LogP contribution in [0, 0.1) is 5.92 Å². The van der Waals surface area contributed by atoms with Crippen molar-refractivity contribution in [2.24, 2.45) is 11.7 Å². The minimum absolute atomic E-state index is 0. The first-order valence-corrected chi connectivity index (χ1v) is 5.68. The normalized spacial score (nSPS) is 13.2. The first kappa shape index (κ1) is 18.6. The number of nitrogens with one attached hydrogen (secondary N) is 1. The lowest BCUT2D eigenvalue weighted by Gasteiger charge is -2.15. The van der Waals surface area contributed by atoms with Gasteiger partial charge in [-0.15, -0.1) is 12.4 Å². The van der Waals surface area contributed by atoms with Gasteiger partial charge in [-0.1, -0.05) is 6.92 Å². The van der Waals surface area contributed by atoms with E-state index in [0.29, 0.717) is 26.0 Å². The van der Waals surface area contributed by atoms with Crippen LogP contribution in [0.3, 0.4) is 0 Å². The van der Waals surface area contributed by atoms with Crippen molar-refractivity contribution in [1.82, 2.24) is 5.32 Å². The molecule has 0 radical (unpaired) electrons. The standard InChI is InChI=1S/C11H22N2O3.ClH/c1-4-16-10(14)6-5-7-13-11(15)8(2)9(3)12;/h8-9H,4-7,12H2,1-3H3,(H,13,15);1H. The van der Waals surface area contributed by atoms with Gasteiger partial charge in [0.1, 0.15) is 0 Å². The Kier molecular flexibility index (Phi) is 11.3. The lowest BCUT2D eigenvalue weighted by molar-refractivity contribution is -0.143. The minimum Gasteiger partial charge on any atom is -0.466 e. The van der Waals surface area contributed by atoms with Crippen LogP contribution in [0.2, 0.25) is 0 Å². The van der Waals surface area contributed by atoms with Gasteiger partial charge in [0, 0.05) is 24.9 Å². The van der Waals surface area contributed by atoms with E-state index in [1.165, 1.54) is 0 Å². The predicted molar refractivity (Wildman–Crippen MR) is 68.9 cm³/mol. The van der Waals surface area contributed by atoms with Crippen molar-refractivity contribution in [1.29, 1.82) is 0 Å². The number of carbonyl (C=O) groups excluding carboxylic acids is 2. The summed E-state index contributed by atoms with van der Waals surface area (Å²) < 4.78 is 4.76. The predicted octanol–water partition coefficient (Wildman–Crippen LogP) is 0.851. The molecule has 0 aromatic rings. The molecule has 2 atom stereocenters. The highest BCUT2D eigenvalue weighted by atomic mass is 35.5. The average molecular weight is 267 g/mol. The van der Waals surface area contributed by atoms with Gasteiger partial charge in [-0.3, -0.25) is 9.59 Å². The molecule has 0 aromatic carbocycles. The van der Waals surface area contributed by atoms with Crippen molar-refractivity contribution in [3.8, 4) is 0 Å². The molecule has 0 fully saturated rings. The van der Waals surface area contributed by atoms with Crippen molar-refractivity contribution < 1.29 is 14.3 Å². The van der Waals surface area contributed by atoms with Crippen LogP contribution in [0.1, 0.15) is 33.6 Å². The smallest absolute Gasteiger partial charge is 0.305 e. The van der Waals surface area contributed by atoms with E-state index < -0.39 is 0 Å². The molecule has 0 aromatic heterocycles. The van der Waals surface area contributed by atoms with Crippen molar-refractivity contribution in [3.63, 3.8) is 0 Å². The maximum atomic E-state index is 11.4. The zero-order valence-electron chi connectivity index (χ0n) is 10.7. The van der Waals surface area contributed by atoms with Gasteiger partial charge in [0.15, 0.2) is 0 Å². The Labute approximate surface area is 109 Å². The maximum absolute atomic E-state index is 11.4. The SMILES string of the molecule is CCOC(=O)CCCNC(=O)C(C)C(C)N.Cl. The van der Waals surface area contributed by atoms with E-state index in [9.17, 15) is 9.59 Å². The molecule has 3 N–H and O–H groups in total. The number of ether oxygens (including phenoxy) is 1. The molecule has 0 spiro atoms. The summed E-state index contributed by atoms with van der Waals surface area (Å²) in [5.41, 5.74) is 5.59. The van der Waals surface area contributed by atoms with E-state index in [1.807, 2.05) is 0 Å². The number of hydrogen-bond acceptors (Lipinski definition) is 4. The molecular weight excluding hydrogens is 244 g/mol. The Morgan fingerprint density at radius 1 is 1.35 bits per heavy atom. The molecule has 0 heterocycles. The molecule has 1 amide bonds. The molecule has 6 heteroatoms. The molecule has 102 valence electrons. The monoisotopic (exact) mass is 266 g/mol. The Hall–Kier alpha value is -0.810. The van der Waals surface area contributed by atoms with Crippen LogP contribution < -0.4 is 11.1 Å². The molecule has 0 bridgehead atoms. The summed E-state index contributed by atoms with van der Waals surface area (Å²) in [6.45, 7) is 6.22. The van der Waals surface area contributed by atoms with E-state index in [1.54, 1.807) is 20.8 Å². The Balaban J connectivity index is 0. The lowest BCUT2D eigenvalue weighted by Crippen LogP contribution is -2.39. The summed E-state index contributed by atoms with van der Waals surface area (Å²) in [5.74, 6) is -0.501. The van der Waals surface area contributed by atoms with Crippen LogP contribution >= 0.6 is 12.4 Å². The highest BCUT2D eigenvalue weighted by molar-refractivity contribution is 5.85. The molecular formula is C11H23ClN2O3. The van der Waals surface area contributed by atoms with Crippen LogP contribution in [0.4, 0.5) is 0 Å². The molecule has 0 rings (SSSR count). The summed E-state index contributed by atoms with van der Waals surface area (Å²) in [7, 11) is 0. The van der Waals surface area contributed by atoms with Gasteiger partial charge in [0.2, 0.25) is 5.91 Å². The topological polar surface area (TPSA) is 81.4 Å². The molecule has 0 aliphatic carbocycles. The summed E-state index contributed by atoms with van der Waals surface area (Å²) in [5, 5.41) is 2.73.